The molecule has 0 amide bonds. The van der Waals surface area contributed by atoms with Crippen molar-refractivity contribution in [3.8, 4) is 51.1 Å². The van der Waals surface area contributed by atoms with Crippen molar-refractivity contribution in [1.29, 1.82) is 5.26 Å². The van der Waals surface area contributed by atoms with Gasteiger partial charge < -0.3 is 18.3 Å². The maximum Gasteiger partial charge on any atom is 0.416 e. The summed E-state index contributed by atoms with van der Waals surface area (Å²) in [5, 5.41) is 19.1. The zero-order chi connectivity index (χ0) is 54.2. The van der Waals surface area contributed by atoms with Crippen LogP contribution in [0.3, 0.4) is 0 Å². The number of benzene rings is 11. The van der Waals surface area contributed by atoms with E-state index in [0.29, 0.717) is 16.9 Å². The fourth-order valence-electron chi connectivity index (χ4n) is 12.5. The minimum absolute atomic E-state index is 0.0563. The first-order valence-electron chi connectivity index (χ1n) is 26.0. The van der Waals surface area contributed by atoms with Gasteiger partial charge in [-0.15, -0.1) is 0 Å². The molecule has 5 nitrogen and oxygen atoms in total. The van der Waals surface area contributed by atoms with E-state index in [1.54, 1.807) is 24.3 Å². The highest BCUT2D eigenvalue weighted by Gasteiger charge is 2.38. The summed E-state index contributed by atoms with van der Waals surface area (Å²) in [4.78, 5) is 0. The highest BCUT2D eigenvalue weighted by atomic mass is 19.4. The summed E-state index contributed by atoms with van der Waals surface area (Å²) < 4.78 is 98.8. The molecule has 0 spiro atoms. The monoisotopic (exact) mass is 1050 g/mol. The summed E-state index contributed by atoms with van der Waals surface area (Å²) in [5.74, 6) is 0. The van der Waals surface area contributed by atoms with Gasteiger partial charge in [0.25, 0.3) is 0 Å². The van der Waals surface area contributed by atoms with Gasteiger partial charge in [0.2, 0.25) is 0 Å². The lowest BCUT2D eigenvalue weighted by Crippen LogP contribution is -2.11. The van der Waals surface area contributed by atoms with Gasteiger partial charge in [0.15, 0.2) is 0 Å². The maximum atomic E-state index is 15.0. The largest absolute Gasteiger partial charge is 0.416 e. The van der Waals surface area contributed by atoms with Gasteiger partial charge in [0.1, 0.15) is 0 Å². The second-order valence-corrected chi connectivity index (χ2v) is 20.2. The topological polar surface area (TPSA) is 43.5 Å². The molecule has 0 atom stereocenters. The lowest BCUT2D eigenvalue weighted by molar-refractivity contribution is -0.143. The second kappa shape index (κ2) is 17.3. The highest BCUT2D eigenvalue weighted by molar-refractivity contribution is 6.21. The van der Waals surface area contributed by atoms with E-state index >= 15 is 26.3 Å². The molecule has 0 aliphatic rings. The first-order valence-corrected chi connectivity index (χ1v) is 26.0. The number of hydrogen-bond donors (Lipinski definition) is 0. The molecule has 0 fully saturated rings. The highest BCUT2D eigenvalue weighted by Crippen LogP contribution is 2.50. The Kier molecular flexibility index (Phi) is 10.2. The molecule has 15 rings (SSSR count). The molecular weight excluding hydrogens is 1010 g/mol. The van der Waals surface area contributed by atoms with E-state index in [1.165, 1.54) is 0 Å². The third-order valence-electron chi connectivity index (χ3n) is 15.8. The minimum atomic E-state index is -5.14. The molecular formula is C69H39F6N5. The van der Waals surface area contributed by atoms with Crippen LogP contribution in [0.25, 0.3) is 132 Å². The predicted molar refractivity (Wildman–Crippen MR) is 309 cm³/mol. The van der Waals surface area contributed by atoms with Crippen LogP contribution in [0, 0.1) is 11.3 Å². The molecule has 0 aliphatic carbocycles. The van der Waals surface area contributed by atoms with Gasteiger partial charge >= 0.3 is 12.4 Å². The SMILES string of the molecule is N#Cc1cccc(-n2c3ccccc3c3cc4c5ccccc5n(-c5ccccc5)c4cc32)c1-c1c(-c2cc(C(F)(F)F)cc(C(F)(F)F)c2)cccc1-n1c2ccccc2c2cc3c4ccccc4n(-c4ccccc4)c3cc21. The predicted octanol–water partition coefficient (Wildman–Crippen LogP) is 19.3. The van der Waals surface area contributed by atoms with Crippen LogP contribution >= 0.6 is 0 Å². The van der Waals surface area contributed by atoms with Gasteiger partial charge in [-0.1, -0.05) is 127 Å². The Morgan fingerprint density at radius 3 is 1.07 bits per heavy atom. The fourth-order valence-corrected chi connectivity index (χ4v) is 12.5. The molecule has 11 aromatic carbocycles. The fraction of sp³-hybridized carbons (Fsp3) is 0.0290. The summed E-state index contributed by atoms with van der Waals surface area (Å²) >= 11 is 0. The third kappa shape index (κ3) is 6.98. The number of rotatable bonds is 6. The number of para-hydroxylation sites is 6. The Morgan fingerprint density at radius 1 is 0.300 bits per heavy atom. The molecule has 0 aliphatic heterocycles. The minimum Gasteiger partial charge on any atom is -0.309 e. The van der Waals surface area contributed by atoms with E-state index in [0.717, 1.165) is 111 Å². The Labute approximate surface area is 451 Å². The summed E-state index contributed by atoms with van der Waals surface area (Å²) in [6.07, 6.45) is -10.3. The maximum absolute atomic E-state index is 15.0. The number of fused-ring (bicyclic) bond motifs is 12. The zero-order valence-electron chi connectivity index (χ0n) is 42.0. The molecule has 11 heteroatoms. The molecule has 15 aromatic rings. The number of nitriles is 1. The van der Waals surface area contributed by atoms with Crippen molar-refractivity contribution in [3.05, 3.63) is 253 Å². The Morgan fingerprint density at radius 2 is 0.662 bits per heavy atom. The number of alkyl halides is 6. The van der Waals surface area contributed by atoms with Crippen LogP contribution < -0.4 is 0 Å². The van der Waals surface area contributed by atoms with Crippen molar-refractivity contribution >= 4 is 87.2 Å². The molecule has 4 aromatic heterocycles. The Hall–Kier alpha value is -10.3. The molecule has 0 saturated heterocycles. The van der Waals surface area contributed by atoms with Crippen molar-refractivity contribution in [1.82, 2.24) is 18.3 Å². The summed E-state index contributed by atoms with van der Waals surface area (Å²) in [6.45, 7) is 0. The second-order valence-electron chi connectivity index (χ2n) is 20.2. The normalized spacial score (nSPS) is 12.4. The first kappa shape index (κ1) is 46.9. The summed E-state index contributed by atoms with van der Waals surface area (Å²) in [5.41, 5.74) is 7.05. The van der Waals surface area contributed by atoms with E-state index in [1.807, 2.05) is 138 Å². The van der Waals surface area contributed by atoms with Gasteiger partial charge in [0, 0.05) is 65.6 Å². The van der Waals surface area contributed by atoms with Crippen LogP contribution in [0.1, 0.15) is 16.7 Å². The lowest BCUT2D eigenvalue weighted by Gasteiger charge is -2.23. The molecule has 0 N–H and O–H groups in total. The quantitative estimate of drug-likeness (QED) is 0.153. The van der Waals surface area contributed by atoms with Gasteiger partial charge in [-0.05, 0) is 120 Å². The summed E-state index contributed by atoms with van der Waals surface area (Å²) in [7, 11) is 0. The molecule has 4 heterocycles. The van der Waals surface area contributed by atoms with E-state index in [-0.39, 0.29) is 28.3 Å². The number of hydrogen-bond acceptors (Lipinski definition) is 1. The average Bonchev–Trinajstić information content (AvgIpc) is 4.38. The van der Waals surface area contributed by atoms with Gasteiger partial charge in [-0.25, -0.2) is 0 Å². The first-order chi connectivity index (χ1) is 38.9. The average molecular weight is 1050 g/mol. The van der Waals surface area contributed by atoms with Gasteiger partial charge in [-0.3, -0.25) is 0 Å². The van der Waals surface area contributed by atoms with E-state index in [9.17, 15) is 5.26 Å². The Balaban J connectivity index is 1.11. The molecule has 0 unspecified atom stereocenters. The third-order valence-corrected chi connectivity index (χ3v) is 15.8. The van der Waals surface area contributed by atoms with Crippen LogP contribution in [-0.2, 0) is 12.4 Å². The Bertz CT molecular complexity index is 5070. The molecule has 0 bridgehead atoms. The molecule has 80 heavy (non-hydrogen) atoms. The van der Waals surface area contributed by atoms with Gasteiger partial charge in [-0.2, -0.15) is 31.6 Å². The molecule has 382 valence electrons. The van der Waals surface area contributed by atoms with Crippen molar-refractivity contribution in [2.75, 3.05) is 0 Å². The van der Waals surface area contributed by atoms with Gasteiger partial charge in [0.05, 0.1) is 78.3 Å². The lowest BCUT2D eigenvalue weighted by atomic mass is 9.87. The van der Waals surface area contributed by atoms with E-state index in [4.69, 9.17) is 0 Å². The van der Waals surface area contributed by atoms with Crippen LogP contribution in [0.4, 0.5) is 26.3 Å². The van der Waals surface area contributed by atoms with Crippen LogP contribution in [0.2, 0.25) is 0 Å². The molecule has 0 saturated carbocycles. The zero-order valence-corrected chi connectivity index (χ0v) is 42.0. The number of nitrogens with zero attached hydrogens (tertiary/aromatic N) is 5. The summed E-state index contributed by atoms with van der Waals surface area (Å²) in [6, 6.07) is 75.3. The molecule has 0 radical (unpaired) electrons. The standard InChI is InChI=1S/C69H39F6N5/c70-68(71,72)43-33-42(34-44(35-43)69(73,74)75)47-26-16-32-61(80-59-30-14-10-25-51(59)55-37-53-49-23-8-12-28-57(49)78(63(53)39-65(55)80)46-20-5-2-6-21-46)67(47)66-41(40-76)17-15-31-60(66)79-58-29-13-9-24-50(58)54-36-52-48-22-7-11-27-56(48)77(62(52)38-64(54)79)45-18-3-1-4-19-45/h1-39H. The van der Waals surface area contributed by atoms with Crippen LogP contribution in [0.5, 0.6) is 0 Å². The van der Waals surface area contributed by atoms with Crippen molar-refractivity contribution in [2.45, 2.75) is 12.4 Å². The number of halogens is 6. The van der Waals surface area contributed by atoms with Crippen molar-refractivity contribution in [3.63, 3.8) is 0 Å². The smallest absolute Gasteiger partial charge is 0.309 e. The van der Waals surface area contributed by atoms with Crippen molar-refractivity contribution < 1.29 is 26.3 Å². The number of aromatic nitrogens is 4. The van der Waals surface area contributed by atoms with Crippen LogP contribution in [0.15, 0.2) is 237 Å². The van der Waals surface area contributed by atoms with E-state index in [2.05, 4.69) is 80.4 Å². The van der Waals surface area contributed by atoms with Crippen molar-refractivity contribution in [2.24, 2.45) is 0 Å². The van der Waals surface area contributed by atoms with E-state index < -0.39 is 23.5 Å². The van der Waals surface area contributed by atoms with Crippen LogP contribution in [-0.4, -0.2) is 18.3 Å².